The molecular weight excluding hydrogens is 256 g/mol. The molecule has 0 bridgehead atoms. The van der Waals surface area contributed by atoms with Crippen molar-refractivity contribution in [1.82, 2.24) is 10.6 Å². The molecule has 110 valence electrons. The lowest BCUT2D eigenvalue weighted by Gasteiger charge is -2.11. The maximum absolute atomic E-state index is 11.5. The molecule has 0 fully saturated rings. The summed E-state index contributed by atoms with van der Waals surface area (Å²) in [4.78, 5) is 22.0. The summed E-state index contributed by atoms with van der Waals surface area (Å²) >= 11 is 0. The number of aryl methyl sites for hydroxylation is 1. The number of carboxylic acid groups (broad SMARTS) is 1. The molecule has 1 atom stereocenters. The maximum Gasteiger partial charge on any atom is 0.314 e. The van der Waals surface area contributed by atoms with Crippen molar-refractivity contribution < 1.29 is 14.7 Å². The molecule has 1 rings (SSSR count). The van der Waals surface area contributed by atoms with Crippen LogP contribution in [0.2, 0.25) is 0 Å². The van der Waals surface area contributed by atoms with Crippen molar-refractivity contribution in [2.24, 2.45) is 5.92 Å². The summed E-state index contributed by atoms with van der Waals surface area (Å²) in [5, 5.41) is 14.0. The van der Waals surface area contributed by atoms with Crippen LogP contribution in [0.1, 0.15) is 24.5 Å². The first kappa shape index (κ1) is 16.0. The van der Waals surface area contributed by atoms with E-state index in [1.54, 1.807) is 6.92 Å². The standard InChI is InChI=1S/C15H22N2O3/c1-11-4-3-5-13(8-11)6-7-16-15(20)17-10-12(2)9-14(18)19/h3-5,8,12H,6-7,9-10H2,1-2H3,(H,18,19)(H2,16,17,20). The molecule has 0 radical (unpaired) electrons. The van der Waals surface area contributed by atoms with E-state index in [1.807, 2.05) is 25.1 Å². The van der Waals surface area contributed by atoms with Gasteiger partial charge in [0.2, 0.25) is 0 Å². The zero-order chi connectivity index (χ0) is 15.0. The lowest BCUT2D eigenvalue weighted by Crippen LogP contribution is -2.39. The quantitative estimate of drug-likeness (QED) is 0.713. The number of nitrogens with one attached hydrogen (secondary N) is 2. The van der Waals surface area contributed by atoms with Gasteiger partial charge in [-0.25, -0.2) is 4.79 Å². The van der Waals surface area contributed by atoms with Crippen molar-refractivity contribution in [3.05, 3.63) is 35.4 Å². The molecule has 0 saturated carbocycles. The largest absolute Gasteiger partial charge is 0.481 e. The van der Waals surface area contributed by atoms with E-state index in [9.17, 15) is 9.59 Å². The van der Waals surface area contributed by atoms with Gasteiger partial charge in [-0.15, -0.1) is 0 Å². The second-order valence-electron chi connectivity index (χ2n) is 5.08. The zero-order valence-corrected chi connectivity index (χ0v) is 12.0. The van der Waals surface area contributed by atoms with Gasteiger partial charge < -0.3 is 15.7 Å². The molecule has 1 unspecified atom stereocenters. The third-order valence-corrected chi connectivity index (χ3v) is 2.92. The summed E-state index contributed by atoms with van der Waals surface area (Å²) in [5.41, 5.74) is 2.39. The van der Waals surface area contributed by atoms with Crippen LogP contribution in [0, 0.1) is 12.8 Å². The van der Waals surface area contributed by atoms with Crippen LogP contribution in [0.4, 0.5) is 4.79 Å². The molecule has 3 N–H and O–H groups in total. The van der Waals surface area contributed by atoms with Crippen LogP contribution in [0.15, 0.2) is 24.3 Å². The molecule has 0 saturated heterocycles. The second-order valence-corrected chi connectivity index (χ2v) is 5.08. The van der Waals surface area contributed by atoms with Crippen LogP contribution in [0.5, 0.6) is 0 Å². The Morgan fingerprint density at radius 3 is 2.70 bits per heavy atom. The van der Waals surface area contributed by atoms with Gasteiger partial charge in [-0.05, 0) is 24.8 Å². The van der Waals surface area contributed by atoms with Crippen LogP contribution in [-0.4, -0.2) is 30.2 Å². The van der Waals surface area contributed by atoms with E-state index in [0.717, 1.165) is 6.42 Å². The molecule has 20 heavy (non-hydrogen) atoms. The molecule has 0 aliphatic heterocycles. The van der Waals surface area contributed by atoms with Crippen LogP contribution in [-0.2, 0) is 11.2 Å². The molecule has 0 aliphatic carbocycles. The van der Waals surface area contributed by atoms with Crippen LogP contribution in [0.25, 0.3) is 0 Å². The predicted molar refractivity (Wildman–Crippen MR) is 77.7 cm³/mol. The summed E-state index contributed by atoms with van der Waals surface area (Å²) < 4.78 is 0. The number of amides is 2. The number of hydrogen-bond donors (Lipinski definition) is 3. The van der Waals surface area contributed by atoms with Gasteiger partial charge in [0.25, 0.3) is 0 Å². The third-order valence-electron chi connectivity index (χ3n) is 2.92. The molecule has 1 aromatic rings. The molecule has 1 aromatic carbocycles. The maximum atomic E-state index is 11.5. The van der Waals surface area contributed by atoms with Gasteiger partial charge in [-0.2, -0.15) is 0 Å². The fraction of sp³-hybridized carbons (Fsp3) is 0.467. The van der Waals surface area contributed by atoms with Crippen LogP contribution in [0.3, 0.4) is 0 Å². The van der Waals surface area contributed by atoms with Crippen molar-refractivity contribution in [1.29, 1.82) is 0 Å². The predicted octanol–water partition coefficient (Wildman–Crippen LogP) is 1.95. The minimum absolute atomic E-state index is 0.0591. The molecule has 2 amide bonds. The first-order valence-electron chi connectivity index (χ1n) is 6.76. The molecule has 0 heterocycles. The first-order chi connectivity index (χ1) is 9.47. The van der Waals surface area contributed by atoms with Gasteiger partial charge in [0.15, 0.2) is 0 Å². The fourth-order valence-corrected chi connectivity index (χ4v) is 1.89. The Bertz CT molecular complexity index is 460. The number of carbonyl (C=O) groups is 2. The number of carbonyl (C=O) groups excluding carboxylic acids is 1. The number of benzene rings is 1. The average molecular weight is 278 g/mol. The summed E-state index contributed by atoms with van der Waals surface area (Å²) in [6, 6.07) is 7.90. The van der Waals surface area contributed by atoms with Crippen molar-refractivity contribution in [3.63, 3.8) is 0 Å². The molecule has 5 heteroatoms. The minimum atomic E-state index is -0.848. The molecule has 5 nitrogen and oxygen atoms in total. The Balaban J connectivity index is 2.18. The van der Waals surface area contributed by atoms with E-state index < -0.39 is 5.97 Å². The van der Waals surface area contributed by atoms with Crippen LogP contribution >= 0.6 is 0 Å². The number of urea groups is 1. The van der Waals surface area contributed by atoms with Crippen molar-refractivity contribution in [2.75, 3.05) is 13.1 Å². The Hall–Kier alpha value is -2.04. The second kappa shape index (κ2) is 8.19. The number of carboxylic acids is 1. The minimum Gasteiger partial charge on any atom is -0.481 e. The fourth-order valence-electron chi connectivity index (χ4n) is 1.89. The van der Waals surface area contributed by atoms with E-state index in [0.29, 0.717) is 13.1 Å². The topological polar surface area (TPSA) is 78.4 Å². The van der Waals surface area contributed by atoms with Gasteiger partial charge in [-0.1, -0.05) is 36.8 Å². The monoisotopic (exact) mass is 278 g/mol. The number of rotatable bonds is 7. The van der Waals surface area contributed by atoms with Crippen molar-refractivity contribution in [3.8, 4) is 0 Å². The summed E-state index contributed by atoms with van der Waals surface area (Å²) in [6.45, 7) is 4.75. The van der Waals surface area contributed by atoms with E-state index in [4.69, 9.17) is 5.11 Å². The molecule has 0 aliphatic rings. The summed E-state index contributed by atoms with van der Waals surface area (Å²) in [5.74, 6) is -0.922. The van der Waals surface area contributed by atoms with Gasteiger partial charge in [0.05, 0.1) is 0 Å². The molecule has 0 aromatic heterocycles. The lowest BCUT2D eigenvalue weighted by molar-refractivity contribution is -0.137. The highest BCUT2D eigenvalue weighted by molar-refractivity contribution is 5.74. The summed E-state index contributed by atoms with van der Waals surface area (Å²) in [7, 11) is 0. The van der Waals surface area contributed by atoms with Gasteiger partial charge in [-0.3, -0.25) is 4.79 Å². The van der Waals surface area contributed by atoms with Crippen molar-refractivity contribution in [2.45, 2.75) is 26.7 Å². The van der Waals surface area contributed by atoms with Gasteiger partial charge in [0.1, 0.15) is 0 Å². The van der Waals surface area contributed by atoms with E-state index in [1.165, 1.54) is 11.1 Å². The van der Waals surface area contributed by atoms with E-state index in [2.05, 4.69) is 16.7 Å². The van der Waals surface area contributed by atoms with Gasteiger partial charge in [0, 0.05) is 19.5 Å². The average Bonchev–Trinajstić information content (AvgIpc) is 2.36. The summed E-state index contributed by atoms with van der Waals surface area (Å²) in [6.07, 6.45) is 0.837. The SMILES string of the molecule is Cc1cccc(CCNC(=O)NCC(C)CC(=O)O)c1. The Labute approximate surface area is 119 Å². The van der Waals surface area contributed by atoms with Crippen LogP contribution < -0.4 is 10.6 Å². The smallest absolute Gasteiger partial charge is 0.314 e. The first-order valence-corrected chi connectivity index (χ1v) is 6.76. The highest BCUT2D eigenvalue weighted by Crippen LogP contribution is 2.04. The normalized spacial score (nSPS) is 11.7. The third kappa shape index (κ3) is 6.78. The van der Waals surface area contributed by atoms with Gasteiger partial charge >= 0.3 is 12.0 Å². The lowest BCUT2D eigenvalue weighted by atomic mass is 10.1. The Morgan fingerprint density at radius 1 is 1.30 bits per heavy atom. The zero-order valence-electron chi connectivity index (χ0n) is 12.0. The molecular formula is C15H22N2O3. The van der Waals surface area contributed by atoms with E-state index >= 15 is 0 Å². The highest BCUT2D eigenvalue weighted by Gasteiger charge is 2.08. The number of hydrogen-bond acceptors (Lipinski definition) is 2. The molecule has 0 spiro atoms. The number of aliphatic carboxylic acids is 1. The van der Waals surface area contributed by atoms with Crippen molar-refractivity contribution >= 4 is 12.0 Å². The Morgan fingerprint density at radius 2 is 2.05 bits per heavy atom. The van der Waals surface area contributed by atoms with E-state index in [-0.39, 0.29) is 18.4 Å². The highest BCUT2D eigenvalue weighted by atomic mass is 16.4. The Kier molecular flexibility index (Phi) is 6.56.